The third kappa shape index (κ3) is 4.27. The van der Waals surface area contributed by atoms with Crippen LogP contribution in [0.4, 0.5) is 4.39 Å². The second-order valence-electron chi connectivity index (χ2n) is 7.65. The van der Waals surface area contributed by atoms with Gasteiger partial charge in [0.1, 0.15) is 11.9 Å². The molecule has 3 aromatic rings. The first kappa shape index (κ1) is 22.8. The van der Waals surface area contributed by atoms with Crippen LogP contribution in [0.15, 0.2) is 52.4 Å². The summed E-state index contributed by atoms with van der Waals surface area (Å²) < 4.78 is 49.5. The van der Waals surface area contributed by atoms with Crippen molar-refractivity contribution in [1.82, 2.24) is 8.87 Å². The molecular formula is C22H24FN3O4S2. The standard InChI is InChI=1S/C22H24FN3O4S2/c1-15-8-10-16(11-9-15)32(28,29)26-12-4-6-18(26)21(27)24-22-25(13-14-30-2)20-17(23)5-3-7-19(20)31-22/h3,5,7-11,18H,4,6,12-14H2,1-2H3. The predicted octanol–water partition coefficient (Wildman–Crippen LogP) is 3.08. The summed E-state index contributed by atoms with van der Waals surface area (Å²) in [7, 11) is -2.29. The second-order valence-corrected chi connectivity index (χ2v) is 10.6. The lowest BCUT2D eigenvalue weighted by atomic mass is 10.2. The van der Waals surface area contributed by atoms with Crippen molar-refractivity contribution in [1.29, 1.82) is 0 Å². The van der Waals surface area contributed by atoms with Crippen LogP contribution in [0.2, 0.25) is 0 Å². The highest BCUT2D eigenvalue weighted by Gasteiger charge is 2.39. The molecule has 1 amide bonds. The van der Waals surface area contributed by atoms with Gasteiger partial charge >= 0.3 is 0 Å². The van der Waals surface area contributed by atoms with Gasteiger partial charge in [-0.15, -0.1) is 0 Å². The Morgan fingerprint density at radius 1 is 1.25 bits per heavy atom. The lowest BCUT2D eigenvalue weighted by Crippen LogP contribution is -2.40. The lowest BCUT2D eigenvalue weighted by Gasteiger charge is -2.21. The molecule has 0 N–H and O–H groups in total. The normalized spacial score (nSPS) is 18.0. The van der Waals surface area contributed by atoms with Crippen LogP contribution in [-0.2, 0) is 26.1 Å². The number of rotatable bonds is 6. The van der Waals surface area contributed by atoms with Crippen LogP contribution >= 0.6 is 11.3 Å². The van der Waals surface area contributed by atoms with E-state index in [9.17, 15) is 17.6 Å². The number of amides is 1. The van der Waals surface area contributed by atoms with Crippen LogP contribution in [0.5, 0.6) is 0 Å². The first-order valence-electron chi connectivity index (χ1n) is 10.3. The van der Waals surface area contributed by atoms with Gasteiger partial charge in [0.15, 0.2) is 4.80 Å². The van der Waals surface area contributed by atoms with E-state index in [1.54, 1.807) is 48.1 Å². The molecule has 2 heterocycles. The van der Waals surface area contributed by atoms with Crippen molar-refractivity contribution in [3.05, 3.63) is 58.6 Å². The largest absolute Gasteiger partial charge is 0.383 e. The SMILES string of the molecule is COCCn1c(=NC(=O)C2CCCN2S(=O)(=O)c2ccc(C)cc2)sc2cccc(F)c21. The number of benzene rings is 2. The van der Waals surface area contributed by atoms with Crippen molar-refractivity contribution in [2.75, 3.05) is 20.3 Å². The number of nitrogens with zero attached hydrogens (tertiary/aromatic N) is 3. The van der Waals surface area contributed by atoms with Crippen molar-refractivity contribution in [2.45, 2.75) is 37.2 Å². The van der Waals surface area contributed by atoms with Gasteiger partial charge in [0.2, 0.25) is 10.0 Å². The summed E-state index contributed by atoms with van der Waals surface area (Å²) in [5.41, 5.74) is 1.31. The lowest BCUT2D eigenvalue weighted by molar-refractivity contribution is -0.121. The second kappa shape index (κ2) is 9.22. The number of hydrogen-bond acceptors (Lipinski definition) is 5. The molecule has 0 radical (unpaired) electrons. The molecule has 1 unspecified atom stereocenters. The molecule has 7 nitrogen and oxygen atoms in total. The van der Waals surface area contributed by atoms with Crippen molar-refractivity contribution < 1.29 is 22.3 Å². The Morgan fingerprint density at radius 3 is 2.72 bits per heavy atom. The zero-order valence-corrected chi connectivity index (χ0v) is 19.5. The molecule has 1 aromatic heterocycles. The minimum Gasteiger partial charge on any atom is -0.383 e. The van der Waals surface area contributed by atoms with E-state index in [2.05, 4.69) is 4.99 Å². The summed E-state index contributed by atoms with van der Waals surface area (Å²) in [6.45, 7) is 2.77. The van der Waals surface area contributed by atoms with E-state index < -0.39 is 27.8 Å². The Kier molecular flexibility index (Phi) is 6.57. The number of carbonyl (C=O) groups excluding carboxylic acids is 1. The minimum atomic E-state index is -3.83. The third-order valence-corrected chi connectivity index (χ3v) is 8.46. The Morgan fingerprint density at radius 2 is 2.00 bits per heavy atom. The maximum atomic E-state index is 14.5. The van der Waals surface area contributed by atoms with Gasteiger partial charge in [-0.3, -0.25) is 4.79 Å². The van der Waals surface area contributed by atoms with Crippen molar-refractivity contribution in [2.24, 2.45) is 4.99 Å². The number of hydrogen-bond donors (Lipinski definition) is 0. The molecule has 4 rings (SSSR count). The highest BCUT2D eigenvalue weighted by Crippen LogP contribution is 2.27. The molecule has 0 saturated carbocycles. The molecule has 0 bridgehead atoms. The van der Waals surface area contributed by atoms with E-state index in [4.69, 9.17) is 4.74 Å². The molecule has 1 atom stereocenters. The smallest absolute Gasteiger partial charge is 0.266 e. The van der Waals surface area contributed by atoms with Gasteiger partial charge < -0.3 is 9.30 Å². The molecule has 10 heteroatoms. The van der Waals surface area contributed by atoms with Gasteiger partial charge in [0, 0.05) is 20.2 Å². The van der Waals surface area contributed by atoms with Crippen LogP contribution in [0, 0.1) is 12.7 Å². The first-order chi connectivity index (χ1) is 15.3. The average molecular weight is 478 g/mol. The zero-order chi connectivity index (χ0) is 22.9. The van der Waals surface area contributed by atoms with Crippen LogP contribution in [-0.4, -0.2) is 49.5 Å². The molecule has 1 aliphatic heterocycles. The molecule has 170 valence electrons. The van der Waals surface area contributed by atoms with E-state index in [-0.39, 0.29) is 11.4 Å². The van der Waals surface area contributed by atoms with E-state index >= 15 is 0 Å². The van der Waals surface area contributed by atoms with Gasteiger partial charge in [-0.05, 0) is 44.0 Å². The van der Waals surface area contributed by atoms with Gasteiger partial charge in [-0.1, -0.05) is 35.1 Å². The van der Waals surface area contributed by atoms with Gasteiger partial charge in [-0.25, -0.2) is 12.8 Å². The highest BCUT2D eigenvalue weighted by atomic mass is 32.2. The fourth-order valence-corrected chi connectivity index (χ4v) is 6.58. The number of thiazole rings is 1. The summed E-state index contributed by atoms with van der Waals surface area (Å²) >= 11 is 1.19. The van der Waals surface area contributed by atoms with Crippen LogP contribution in [0.25, 0.3) is 10.2 Å². The third-order valence-electron chi connectivity index (χ3n) is 5.49. The Hall–Kier alpha value is -2.40. The number of aryl methyl sites for hydroxylation is 1. The quantitative estimate of drug-likeness (QED) is 0.547. The maximum absolute atomic E-state index is 14.5. The number of sulfonamides is 1. The maximum Gasteiger partial charge on any atom is 0.266 e. The fourth-order valence-electron chi connectivity index (χ4n) is 3.85. The van der Waals surface area contributed by atoms with Gasteiger partial charge in [0.05, 0.1) is 21.7 Å². The van der Waals surface area contributed by atoms with Crippen LogP contribution in [0.1, 0.15) is 18.4 Å². The molecular weight excluding hydrogens is 453 g/mol. The number of para-hydroxylation sites is 1. The van der Waals surface area contributed by atoms with Gasteiger partial charge in [-0.2, -0.15) is 9.30 Å². The van der Waals surface area contributed by atoms with E-state index in [1.165, 1.54) is 21.7 Å². The predicted molar refractivity (Wildman–Crippen MR) is 120 cm³/mol. The number of carbonyl (C=O) groups is 1. The number of methoxy groups -OCH3 is 1. The van der Waals surface area contributed by atoms with E-state index in [0.29, 0.717) is 41.0 Å². The summed E-state index contributed by atoms with van der Waals surface area (Å²) in [5.74, 6) is -0.954. The molecule has 1 fully saturated rings. The van der Waals surface area contributed by atoms with Crippen LogP contribution in [0.3, 0.4) is 0 Å². The number of fused-ring (bicyclic) bond motifs is 1. The topological polar surface area (TPSA) is 81.0 Å². The summed E-state index contributed by atoms with van der Waals surface area (Å²) in [6.07, 6.45) is 0.965. The molecule has 0 spiro atoms. The Labute approximate surface area is 189 Å². The van der Waals surface area contributed by atoms with Crippen molar-refractivity contribution in [3.63, 3.8) is 0 Å². The average Bonchev–Trinajstić information content (AvgIpc) is 3.39. The summed E-state index contributed by atoms with van der Waals surface area (Å²) in [5, 5.41) is 0. The molecule has 0 aliphatic carbocycles. The Bertz CT molecular complexity index is 1310. The molecule has 32 heavy (non-hydrogen) atoms. The molecule has 1 aliphatic rings. The summed E-state index contributed by atoms with van der Waals surface area (Å²) in [4.78, 5) is 17.9. The first-order valence-corrected chi connectivity index (χ1v) is 12.5. The fraction of sp³-hybridized carbons (Fsp3) is 0.364. The van der Waals surface area contributed by atoms with Crippen molar-refractivity contribution in [3.8, 4) is 0 Å². The zero-order valence-electron chi connectivity index (χ0n) is 17.8. The van der Waals surface area contributed by atoms with Crippen molar-refractivity contribution >= 4 is 37.5 Å². The Balaban J connectivity index is 1.72. The number of halogens is 1. The van der Waals surface area contributed by atoms with E-state index in [1.807, 2.05) is 6.92 Å². The molecule has 1 saturated heterocycles. The highest BCUT2D eigenvalue weighted by molar-refractivity contribution is 7.89. The van der Waals surface area contributed by atoms with Crippen LogP contribution < -0.4 is 4.80 Å². The monoisotopic (exact) mass is 477 g/mol. The number of aromatic nitrogens is 1. The summed E-state index contributed by atoms with van der Waals surface area (Å²) in [6, 6.07) is 10.4. The molecule has 2 aromatic carbocycles. The van der Waals surface area contributed by atoms with E-state index in [0.717, 1.165) is 5.56 Å². The minimum absolute atomic E-state index is 0.155. The number of ether oxygens (including phenoxy) is 1. The van der Waals surface area contributed by atoms with Gasteiger partial charge in [0.25, 0.3) is 5.91 Å².